The van der Waals surface area contributed by atoms with Gasteiger partial charge in [0, 0.05) is 18.0 Å². The summed E-state index contributed by atoms with van der Waals surface area (Å²) in [5.74, 6) is 0. The summed E-state index contributed by atoms with van der Waals surface area (Å²) >= 11 is 1.23. The van der Waals surface area contributed by atoms with Gasteiger partial charge in [0.1, 0.15) is 0 Å². The number of aromatic nitrogens is 3. The first-order valence-corrected chi connectivity index (χ1v) is 10.4. The molecule has 0 amide bonds. The van der Waals surface area contributed by atoms with Gasteiger partial charge in [0.05, 0.1) is 65.1 Å². The first kappa shape index (κ1) is 24.0. The van der Waals surface area contributed by atoms with Crippen LogP contribution >= 0.6 is 11.8 Å². The van der Waals surface area contributed by atoms with Crippen LogP contribution in [0.4, 0.5) is 0 Å². The molecule has 156 valence electrons. The Balaban J connectivity index is 1.84. The molecule has 27 heavy (non-hydrogen) atoms. The van der Waals surface area contributed by atoms with Crippen LogP contribution in [0, 0.1) is 0 Å². The maximum absolute atomic E-state index is 11.0. The van der Waals surface area contributed by atoms with Gasteiger partial charge in [0.25, 0.3) is 0 Å². The highest BCUT2D eigenvalue weighted by molar-refractivity contribution is 8.13. The van der Waals surface area contributed by atoms with Crippen LogP contribution in [-0.4, -0.2) is 79.2 Å². The van der Waals surface area contributed by atoms with Gasteiger partial charge in [-0.15, -0.1) is 5.10 Å². The fourth-order valence-electron chi connectivity index (χ4n) is 1.93. The molecule has 1 aromatic heterocycles. The zero-order valence-electron chi connectivity index (χ0n) is 16.9. The second-order valence-corrected chi connectivity index (χ2v) is 7.76. The minimum absolute atomic E-state index is 0.00833. The molecule has 0 aromatic carbocycles. The normalized spacial score (nSPS) is 11.9. The maximum atomic E-state index is 11.0. The fraction of sp³-hybridized carbons (Fsp3) is 0.833. The van der Waals surface area contributed by atoms with Crippen molar-refractivity contribution >= 4 is 16.9 Å². The molecule has 8 nitrogen and oxygen atoms in total. The van der Waals surface area contributed by atoms with Crippen LogP contribution in [0.1, 0.15) is 32.9 Å². The van der Waals surface area contributed by atoms with Gasteiger partial charge in [-0.1, -0.05) is 37.7 Å². The second-order valence-electron chi connectivity index (χ2n) is 6.89. The molecule has 0 bridgehead atoms. The molecular weight excluding hydrogens is 370 g/mol. The minimum atomic E-state index is 0.00833. The summed E-state index contributed by atoms with van der Waals surface area (Å²) in [5, 5.41) is 8.42. The Morgan fingerprint density at radius 3 is 1.96 bits per heavy atom. The average molecular weight is 404 g/mol. The van der Waals surface area contributed by atoms with Gasteiger partial charge in [-0.3, -0.25) is 4.79 Å². The smallest absolute Gasteiger partial charge is 0.190 e. The van der Waals surface area contributed by atoms with E-state index >= 15 is 0 Å². The van der Waals surface area contributed by atoms with Gasteiger partial charge < -0.3 is 18.9 Å². The van der Waals surface area contributed by atoms with Crippen molar-refractivity contribution < 1.29 is 23.7 Å². The van der Waals surface area contributed by atoms with E-state index in [1.165, 1.54) is 11.8 Å². The van der Waals surface area contributed by atoms with Crippen molar-refractivity contribution in [1.82, 2.24) is 15.0 Å². The third-order valence-corrected chi connectivity index (χ3v) is 4.23. The first-order valence-electron chi connectivity index (χ1n) is 9.22. The summed E-state index contributed by atoms with van der Waals surface area (Å²) in [5.41, 5.74) is 0.985. The minimum Gasteiger partial charge on any atom is -0.379 e. The van der Waals surface area contributed by atoms with Gasteiger partial charge in [-0.2, -0.15) is 0 Å². The largest absolute Gasteiger partial charge is 0.379 e. The molecule has 0 saturated carbocycles. The van der Waals surface area contributed by atoms with Crippen LogP contribution in [0.15, 0.2) is 6.20 Å². The van der Waals surface area contributed by atoms with Gasteiger partial charge in [0.2, 0.25) is 0 Å². The highest BCUT2D eigenvalue weighted by Gasteiger charge is 2.17. The second kappa shape index (κ2) is 14.1. The summed E-state index contributed by atoms with van der Waals surface area (Å²) in [6.07, 6.45) is 4.18. The number of hydrogen-bond acceptors (Lipinski definition) is 8. The predicted octanol–water partition coefficient (Wildman–Crippen LogP) is 1.92. The van der Waals surface area contributed by atoms with Crippen molar-refractivity contribution in [2.75, 3.05) is 59.1 Å². The molecule has 0 saturated heterocycles. The number of nitrogens with zero attached hydrogens (tertiary/aromatic N) is 3. The summed E-state index contributed by atoms with van der Waals surface area (Å²) < 4.78 is 23.5. The van der Waals surface area contributed by atoms with E-state index in [-0.39, 0.29) is 10.5 Å². The van der Waals surface area contributed by atoms with Crippen LogP contribution in [0.2, 0.25) is 0 Å². The maximum Gasteiger partial charge on any atom is 0.190 e. The van der Waals surface area contributed by atoms with Crippen LogP contribution in [0.5, 0.6) is 0 Å². The Bertz CT molecular complexity index is 519. The van der Waals surface area contributed by atoms with E-state index in [1.807, 2.05) is 6.20 Å². The van der Waals surface area contributed by atoms with Crippen molar-refractivity contribution in [3.63, 3.8) is 0 Å². The molecule has 9 heteroatoms. The van der Waals surface area contributed by atoms with E-state index in [9.17, 15) is 4.79 Å². The third-order valence-electron chi connectivity index (χ3n) is 3.57. The van der Waals surface area contributed by atoms with E-state index in [0.29, 0.717) is 65.8 Å². The molecule has 0 N–H and O–H groups in total. The van der Waals surface area contributed by atoms with Crippen molar-refractivity contribution in [3.8, 4) is 0 Å². The summed E-state index contributed by atoms with van der Waals surface area (Å²) in [7, 11) is 0. The molecule has 0 atom stereocenters. The molecule has 1 aromatic rings. The number of thioether (sulfide) groups is 1. The molecule has 1 rings (SSSR count). The van der Waals surface area contributed by atoms with Gasteiger partial charge in [0.15, 0.2) is 5.12 Å². The van der Waals surface area contributed by atoms with Crippen molar-refractivity contribution in [2.45, 2.75) is 39.2 Å². The van der Waals surface area contributed by atoms with Crippen LogP contribution in [0.3, 0.4) is 0 Å². The van der Waals surface area contributed by atoms with Crippen molar-refractivity contribution in [3.05, 3.63) is 11.9 Å². The molecule has 0 fully saturated rings. The van der Waals surface area contributed by atoms with Crippen LogP contribution in [-0.2, 0) is 35.7 Å². The van der Waals surface area contributed by atoms with Crippen LogP contribution in [0.25, 0.3) is 0 Å². The van der Waals surface area contributed by atoms with E-state index in [1.54, 1.807) is 10.9 Å². The standard InChI is InChI=1S/C18H33N3O5S/c1-18(2,3)16-15-21(20-19-16)6-8-24-10-12-26-14-13-25-11-9-23-7-5-17(22)27-4/h15H,5-14H2,1-4H3. The Kier molecular flexibility index (Phi) is 12.5. The predicted molar refractivity (Wildman–Crippen MR) is 105 cm³/mol. The van der Waals surface area contributed by atoms with E-state index in [2.05, 4.69) is 31.1 Å². The lowest BCUT2D eigenvalue weighted by Crippen LogP contribution is -2.14. The summed E-state index contributed by atoms with van der Waals surface area (Å²) in [6.45, 7) is 11.1. The first-order chi connectivity index (χ1) is 12.9. The third kappa shape index (κ3) is 12.1. The number of ether oxygens (including phenoxy) is 4. The molecule has 0 spiro atoms. The molecule has 0 aliphatic rings. The summed E-state index contributed by atoms with van der Waals surface area (Å²) in [6, 6.07) is 0. The molecular formula is C18H33N3O5S. The Hall–Kier alpha value is -1.00. The quantitative estimate of drug-likeness (QED) is 0.411. The molecule has 1 heterocycles. The fourth-order valence-corrected chi connectivity index (χ4v) is 2.22. The van der Waals surface area contributed by atoms with Crippen molar-refractivity contribution in [1.29, 1.82) is 0 Å². The zero-order valence-corrected chi connectivity index (χ0v) is 17.8. The van der Waals surface area contributed by atoms with Gasteiger partial charge >= 0.3 is 0 Å². The zero-order chi connectivity index (χ0) is 20.0. The molecule has 0 radical (unpaired) electrons. The number of hydrogen-bond donors (Lipinski definition) is 0. The molecule has 0 aliphatic carbocycles. The number of carbonyl (C=O) groups is 1. The van der Waals surface area contributed by atoms with E-state index in [4.69, 9.17) is 18.9 Å². The number of carbonyl (C=O) groups excluding carboxylic acids is 1. The monoisotopic (exact) mass is 403 g/mol. The SMILES string of the molecule is CSC(=O)CCOCCOCCOCCOCCn1cc(C(C)(C)C)nn1. The summed E-state index contributed by atoms with van der Waals surface area (Å²) in [4.78, 5) is 11.0. The Labute approximate surface area is 166 Å². The lowest BCUT2D eigenvalue weighted by atomic mass is 9.93. The Morgan fingerprint density at radius 1 is 0.963 bits per heavy atom. The van der Waals surface area contributed by atoms with Crippen molar-refractivity contribution in [2.24, 2.45) is 0 Å². The van der Waals surface area contributed by atoms with E-state index in [0.717, 1.165) is 5.69 Å². The average Bonchev–Trinajstić information content (AvgIpc) is 3.11. The Morgan fingerprint density at radius 2 is 1.48 bits per heavy atom. The van der Waals surface area contributed by atoms with Gasteiger partial charge in [-0.05, 0) is 6.26 Å². The lowest BCUT2D eigenvalue weighted by molar-refractivity contribution is -0.112. The van der Waals surface area contributed by atoms with Gasteiger partial charge in [-0.25, -0.2) is 4.68 Å². The highest BCUT2D eigenvalue weighted by Crippen LogP contribution is 2.18. The molecule has 0 unspecified atom stereocenters. The lowest BCUT2D eigenvalue weighted by Gasteiger charge is -2.12. The van der Waals surface area contributed by atoms with E-state index < -0.39 is 0 Å². The molecule has 0 aliphatic heterocycles. The van der Waals surface area contributed by atoms with Crippen LogP contribution < -0.4 is 0 Å². The number of rotatable bonds is 15. The topological polar surface area (TPSA) is 84.7 Å². The highest BCUT2D eigenvalue weighted by atomic mass is 32.2.